The van der Waals surface area contributed by atoms with Crippen LogP contribution < -0.4 is 19.7 Å². The lowest BCUT2D eigenvalue weighted by Crippen LogP contribution is -2.54. The molecule has 1 fully saturated rings. The summed E-state index contributed by atoms with van der Waals surface area (Å²) in [4.78, 5) is 50.5. The van der Waals surface area contributed by atoms with Crippen molar-refractivity contribution in [2.24, 2.45) is 0 Å². The highest BCUT2D eigenvalue weighted by atomic mass is 79.9. The lowest BCUT2D eigenvalue weighted by Gasteiger charge is -2.26. The van der Waals surface area contributed by atoms with Gasteiger partial charge in [-0.05, 0) is 72.6 Å². The highest BCUT2D eigenvalue weighted by Crippen LogP contribution is 2.38. The zero-order valence-corrected chi connectivity index (χ0v) is 20.4. The van der Waals surface area contributed by atoms with Crippen LogP contribution in [0.2, 0.25) is 0 Å². The van der Waals surface area contributed by atoms with Gasteiger partial charge in [0.2, 0.25) is 0 Å². The monoisotopic (exact) mass is 530 g/mol. The summed E-state index contributed by atoms with van der Waals surface area (Å²) in [7, 11) is 0. The number of hydrogen-bond donors (Lipinski definition) is 1. The van der Waals surface area contributed by atoms with E-state index in [0.717, 1.165) is 10.5 Å². The summed E-state index contributed by atoms with van der Waals surface area (Å²) in [6.07, 6.45) is 1.35. The summed E-state index contributed by atoms with van der Waals surface area (Å²) in [6.45, 7) is 5.56. The fraction of sp³-hybridized carbons (Fsp3) is 0.250. The van der Waals surface area contributed by atoms with Gasteiger partial charge in [0.1, 0.15) is 5.57 Å². The van der Waals surface area contributed by atoms with E-state index in [1.807, 2.05) is 6.92 Å². The summed E-state index contributed by atoms with van der Waals surface area (Å²) in [6, 6.07) is 9.11. The van der Waals surface area contributed by atoms with Crippen LogP contribution in [0.3, 0.4) is 0 Å². The zero-order valence-electron chi connectivity index (χ0n) is 18.8. The third kappa shape index (κ3) is 5.63. The highest BCUT2D eigenvalue weighted by molar-refractivity contribution is 9.10. The van der Waals surface area contributed by atoms with Gasteiger partial charge in [-0.1, -0.05) is 17.7 Å². The van der Waals surface area contributed by atoms with Gasteiger partial charge in [-0.25, -0.2) is 14.5 Å². The second kappa shape index (κ2) is 11.0. The number of esters is 1. The average Bonchev–Trinajstić information content (AvgIpc) is 2.77. The Labute approximate surface area is 204 Å². The molecule has 9 nitrogen and oxygen atoms in total. The Morgan fingerprint density at radius 3 is 2.41 bits per heavy atom. The fourth-order valence-electron chi connectivity index (χ4n) is 3.16. The standard InChI is InChI=1S/C24H23BrN2O7/c1-4-32-19-12-15(11-18(25)21(19)34-13-20(28)33-5-2)10-17-22(29)26-24(31)27(23(17)30)16-8-6-14(3)7-9-16/h6-12H,4-5,13H2,1-3H3,(H,26,29,31)/b17-10+. The number of nitrogens with one attached hydrogen (secondary N) is 1. The molecule has 3 rings (SSSR count). The van der Waals surface area contributed by atoms with Gasteiger partial charge in [0.15, 0.2) is 18.1 Å². The number of urea groups is 1. The first kappa shape index (κ1) is 25.0. The van der Waals surface area contributed by atoms with Crippen LogP contribution in [0.5, 0.6) is 11.5 Å². The Morgan fingerprint density at radius 2 is 1.76 bits per heavy atom. The van der Waals surface area contributed by atoms with E-state index in [1.54, 1.807) is 50.2 Å². The second-order valence-electron chi connectivity index (χ2n) is 7.15. The Bertz CT molecular complexity index is 1160. The van der Waals surface area contributed by atoms with E-state index in [4.69, 9.17) is 14.2 Å². The van der Waals surface area contributed by atoms with Gasteiger partial charge >= 0.3 is 12.0 Å². The number of imide groups is 2. The maximum absolute atomic E-state index is 13.1. The predicted octanol–water partition coefficient (Wildman–Crippen LogP) is 3.76. The van der Waals surface area contributed by atoms with Crippen molar-refractivity contribution in [3.8, 4) is 11.5 Å². The number of aryl methyl sites for hydroxylation is 1. The minimum Gasteiger partial charge on any atom is -0.490 e. The van der Waals surface area contributed by atoms with Gasteiger partial charge in [-0.2, -0.15) is 0 Å². The van der Waals surface area contributed by atoms with Crippen LogP contribution in [-0.2, 0) is 19.1 Å². The molecule has 2 aromatic carbocycles. The van der Waals surface area contributed by atoms with Gasteiger partial charge in [-0.3, -0.25) is 14.9 Å². The summed E-state index contributed by atoms with van der Waals surface area (Å²) < 4.78 is 16.5. The van der Waals surface area contributed by atoms with Crippen molar-refractivity contribution in [1.82, 2.24) is 5.32 Å². The van der Waals surface area contributed by atoms with E-state index in [2.05, 4.69) is 21.2 Å². The van der Waals surface area contributed by atoms with Gasteiger partial charge < -0.3 is 14.2 Å². The second-order valence-corrected chi connectivity index (χ2v) is 8.00. The lowest BCUT2D eigenvalue weighted by atomic mass is 10.1. The molecule has 0 bridgehead atoms. The smallest absolute Gasteiger partial charge is 0.344 e. The summed E-state index contributed by atoms with van der Waals surface area (Å²) in [5.74, 6) is -1.53. The van der Waals surface area contributed by atoms with Gasteiger partial charge in [-0.15, -0.1) is 0 Å². The summed E-state index contributed by atoms with van der Waals surface area (Å²) in [5, 5.41) is 2.19. The molecule has 1 N–H and O–H groups in total. The molecule has 2 aromatic rings. The number of benzene rings is 2. The van der Waals surface area contributed by atoms with Crippen molar-refractivity contribution in [1.29, 1.82) is 0 Å². The average molecular weight is 531 g/mol. The number of anilines is 1. The fourth-order valence-corrected chi connectivity index (χ4v) is 3.73. The lowest BCUT2D eigenvalue weighted by molar-refractivity contribution is -0.145. The molecule has 178 valence electrons. The number of barbiturate groups is 1. The number of ether oxygens (including phenoxy) is 3. The molecule has 1 aliphatic heterocycles. The van der Waals surface area contributed by atoms with Gasteiger partial charge in [0.25, 0.3) is 11.8 Å². The Balaban J connectivity index is 1.95. The van der Waals surface area contributed by atoms with Crippen molar-refractivity contribution in [2.45, 2.75) is 20.8 Å². The van der Waals surface area contributed by atoms with Crippen LogP contribution in [0, 0.1) is 6.92 Å². The van der Waals surface area contributed by atoms with Crippen LogP contribution in [0.25, 0.3) is 6.08 Å². The quantitative estimate of drug-likeness (QED) is 0.314. The molecule has 34 heavy (non-hydrogen) atoms. The molecule has 0 aliphatic carbocycles. The first-order chi connectivity index (χ1) is 16.2. The zero-order chi connectivity index (χ0) is 24.8. The van der Waals surface area contributed by atoms with Crippen LogP contribution in [0.4, 0.5) is 10.5 Å². The van der Waals surface area contributed by atoms with Crippen molar-refractivity contribution in [3.63, 3.8) is 0 Å². The van der Waals surface area contributed by atoms with Crippen molar-refractivity contribution in [3.05, 3.63) is 57.6 Å². The highest BCUT2D eigenvalue weighted by Gasteiger charge is 2.36. The molecule has 0 radical (unpaired) electrons. The van der Waals surface area contributed by atoms with Crippen LogP contribution in [0.15, 0.2) is 46.4 Å². The normalized spacial score (nSPS) is 14.8. The third-order valence-electron chi connectivity index (χ3n) is 4.68. The number of rotatable bonds is 8. The molecule has 0 atom stereocenters. The van der Waals surface area contributed by atoms with Gasteiger partial charge in [0.05, 0.1) is 23.4 Å². The van der Waals surface area contributed by atoms with Crippen molar-refractivity contribution < 1.29 is 33.4 Å². The summed E-state index contributed by atoms with van der Waals surface area (Å²) in [5.41, 5.74) is 1.51. The number of hydrogen-bond acceptors (Lipinski definition) is 7. The molecule has 0 saturated carbocycles. The van der Waals surface area contributed by atoms with E-state index in [1.165, 1.54) is 6.08 Å². The Hall–Kier alpha value is -3.66. The van der Waals surface area contributed by atoms with Crippen molar-refractivity contribution in [2.75, 3.05) is 24.7 Å². The maximum atomic E-state index is 13.1. The van der Waals surface area contributed by atoms with Crippen LogP contribution >= 0.6 is 15.9 Å². The van der Waals surface area contributed by atoms with E-state index in [9.17, 15) is 19.2 Å². The minimum absolute atomic E-state index is 0.227. The molecule has 4 amide bonds. The topological polar surface area (TPSA) is 111 Å². The predicted molar refractivity (Wildman–Crippen MR) is 128 cm³/mol. The van der Waals surface area contributed by atoms with E-state index < -0.39 is 23.8 Å². The minimum atomic E-state index is -0.824. The summed E-state index contributed by atoms with van der Waals surface area (Å²) >= 11 is 3.38. The van der Waals surface area contributed by atoms with E-state index in [0.29, 0.717) is 28.1 Å². The van der Waals surface area contributed by atoms with Crippen LogP contribution in [0.1, 0.15) is 25.0 Å². The first-order valence-corrected chi connectivity index (χ1v) is 11.3. The largest absolute Gasteiger partial charge is 0.490 e. The Morgan fingerprint density at radius 1 is 1.06 bits per heavy atom. The number of halogens is 1. The number of amides is 4. The molecular weight excluding hydrogens is 508 g/mol. The number of carbonyl (C=O) groups is 4. The molecule has 10 heteroatoms. The number of carbonyl (C=O) groups excluding carboxylic acids is 4. The molecule has 1 aliphatic rings. The Kier molecular flexibility index (Phi) is 8.06. The maximum Gasteiger partial charge on any atom is 0.344 e. The number of nitrogens with zero attached hydrogens (tertiary/aromatic N) is 1. The van der Waals surface area contributed by atoms with E-state index in [-0.39, 0.29) is 24.5 Å². The molecule has 1 heterocycles. The molecule has 1 saturated heterocycles. The molecule has 0 unspecified atom stereocenters. The van der Waals surface area contributed by atoms with Crippen molar-refractivity contribution >= 4 is 51.5 Å². The SMILES string of the molecule is CCOC(=O)COc1c(Br)cc(/C=C2\C(=O)NC(=O)N(c3ccc(C)cc3)C2=O)cc1OCC. The molecular formula is C24H23BrN2O7. The van der Waals surface area contributed by atoms with Gasteiger partial charge in [0, 0.05) is 0 Å². The van der Waals surface area contributed by atoms with E-state index >= 15 is 0 Å². The molecule has 0 spiro atoms. The third-order valence-corrected chi connectivity index (χ3v) is 5.27. The first-order valence-electron chi connectivity index (χ1n) is 10.5. The van der Waals surface area contributed by atoms with Crippen LogP contribution in [-0.4, -0.2) is 43.6 Å². The molecule has 0 aromatic heterocycles.